The van der Waals surface area contributed by atoms with Crippen LogP contribution in [-0.2, 0) is 61.5 Å². The van der Waals surface area contributed by atoms with Crippen LogP contribution in [0.25, 0.3) is 54.9 Å². The number of anilines is 3. The lowest BCUT2D eigenvalue weighted by atomic mass is 9.79. The molecule has 3 aliphatic carbocycles. The highest BCUT2D eigenvalue weighted by atomic mass is 32.2. The van der Waals surface area contributed by atoms with Crippen molar-refractivity contribution in [3.05, 3.63) is 178 Å². The average Bonchev–Trinajstić information content (AvgIpc) is 3.76. The van der Waals surface area contributed by atoms with Gasteiger partial charge in [-0.1, -0.05) is 72.8 Å². The first kappa shape index (κ1) is 45.1. The van der Waals surface area contributed by atoms with Crippen LogP contribution in [0.1, 0.15) is 27.8 Å². The molecule has 0 unspecified atom stereocenters. The summed E-state index contributed by atoms with van der Waals surface area (Å²) in [6, 6.07) is 32.2. The van der Waals surface area contributed by atoms with Gasteiger partial charge in [-0.15, -0.1) is 0 Å². The normalized spacial score (nSPS) is 17.2. The molecule has 0 saturated heterocycles. The minimum atomic E-state index is -4.82. The van der Waals surface area contributed by atoms with Gasteiger partial charge >= 0.3 is 0 Å². The molecule has 0 atom stereocenters. The van der Waals surface area contributed by atoms with Gasteiger partial charge in [0.05, 0.1) is 41.8 Å². The second kappa shape index (κ2) is 14.4. The molecule has 8 aromatic rings. The number of fused-ring (bicyclic) bond motifs is 10. The highest BCUT2D eigenvalue weighted by Crippen LogP contribution is 2.57. The Balaban J connectivity index is 1.08. The average molecular weight is 1060 g/mol. The maximum Gasteiger partial charge on any atom is 0.294 e. The van der Waals surface area contributed by atoms with Crippen molar-refractivity contribution in [2.45, 2.75) is 30.9 Å². The van der Waals surface area contributed by atoms with E-state index in [4.69, 9.17) is 9.88 Å². The summed E-state index contributed by atoms with van der Waals surface area (Å²) in [5, 5.41) is 23.6. The van der Waals surface area contributed by atoms with Gasteiger partial charge in [0, 0.05) is 55.2 Å². The van der Waals surface area contributed by atoms with E-state index < -0.39 is 77.2 Å². The molecule has 19 nitrogen and oxygen atoms in total. The third-order valence-electron chi connectivity index (χ3n) is 14.2. The quantitative estimate of drug-likeness (QED) is 0.0517. The molecule has 0 aromatic heterocycles. The first-order chi connectivity index (χ1) is 34.5. The predicted molar refractivity (Wildman–Crippen MR) is 263 cm³/mol. The molecule has 13 rings (SSSR count). The van der Waals surface area contributed by atoms with Gasteiger partial charge in [-0.05, 0) is 93.7 Å². The van der Waals surface area contributed by atoms with Crippen LogP contribution in [0.15, 0.2) is 164 Å². The number of Topliss-reactive ketones (excluding diaryl/α,β-unsaturated/α-hetero) is 1. The third kappa shape index (κ3) is 6.19. The third-order valence-corrected chi connectivity index (χ3v) is 17.6. The van der Waals surface area contributed by atoms with Crippen molar-refractivity contribution < 1.29 is 66.8 Å². The Bertz CT molecular complexity index is 4510. The van der Waals surface area contributed by atoms with Crippen LogP contribution in [0.5, 0.6) is 0 Å². The molecule has 0 amide bonds. The van der Waals surface area contributed by atoms with Gasteiger partial charge < -0.3 is 20.8 Å². The summed E-state index contributed by atoms with van der Waals surface area (Å²) < 4.78 is 142. The number of rotatable bonds is 6. The Morgan fingerprint density at radius 2 is 0.904 bits per heavy atom. The number of nitrogens with one attached hydrogen (secondary N) is 3. The monoisotopic (exact) mass is 1050 g/mol. The molecule has 2 spiro atoms. The van der Waals surface area contributed by atoms with E-state index in [0.29, 0.717) is 55.2 Å². The summed E-state index contributed by atoms with van der Waals surface area (Å²) >= 11 is 0. The van der Waals surface area contributed by atoms with Crippen LogP contribution in [0.4, 0.5) is 17.1 Å². The fraction of sp³-hybridized carbons (Fsp3) is 0.0400. The van der Waals surface area contributed by atoms with Crippen LogP contribution in [0.3, 0.4) is 0 Å². The Morgan fingerprint density at radius 3 is 1.40 bits per heavy atom. The smallest absolute Gasteiger partial charge is 0.294 e. The van der Waals surface area contributed by atoms with Crippen molar-refractivity contribution in [1.29, 1.82) is 0 Å². The molecule has 0 bridgehead atoms. The molecule has 0 radical (unpaired) electrons. The van der Waals surface area contributed by atoms with Gasteiger partial charge in [0.1, 0.15) is 0 Å². The number of hydrogen-bond donors (Lipinski definition) is 8. The van der Waals surface area contributed by atoms with Crippen molar-refractivity contribution in [3.8, 4) is 22.3 Å². The fourth-order valence-corrected chi connectivity index (χ4v) is 13.1. The largest absolute Gasteiger partial charge is 0.355 e. The van der Waals surface area contributed by atoms with Crippen LogP contribution < -0.4 is 26.5 Å². The van der Waals surface area contributed by atoms with E-state index in [1.807, 2.05) is 0 Å². The SMILES string of the molecule is O=C1C(c2ccc3cccc4c3c2NC2(N4)c3cc(S(=O)(=O)O)ccc3-c3ccc(S(=O)(=O)O)cc32)=C(OO)C1=c1ccc2cccc3c2c1=NC1(N3)c2cc(S(=O)(=O)O)ccc2-c2ccc(S(=O)(=O)O)cc21. The van der Waals surface area contributed by atoms with E-state index in [1.165, 1.54) is 72.8 Å². The molecule has 2 heterocycles. The second-order valence-electron chi connectivity index (χ2n) is 17.9. The van der Waals surface area contributed by atoms with Gasteiger partial charge in [-0.25, -0.2) is 10.2 Å². The standard InChI is InChI=1S/C50H30N4O15S4/c55-47-43(33-13-7-23-3-1-5-39-41(23)45(33)53-49(51-39)35-19-25(70(57,58)59)9-15-29(35)30-16-10-26(20-36(30)49)71(60,61)62)48(69-56)44(47)34-14-8-24-4-2-6-40-42(24)46(34)54-50(52-40)37-21-27(72(63,64)65)11-17-31(37)32-18-12-28(22-38(32)50)73(66,67)68/h1-22,51-53,56H,(H,57,58,59)(H,60,61,62)(H,63,64,65)(H,66,67,68). The lowest BCUT2D eigenvalue weighted by molar-refractivity contribution is -0.198. The van der Waals surface area contributed by atoms with Crippen molar-refractivity contribution in [3.63, 3.8) is 0 Å². The number of hydrogen-bond acceptors (Lipinski definition) is 15. The molecule has 23 heteroatoms. The van der Waals surface area contributed by atoms with Crippen molar-refractivity contribution in [1.82, 2.24) is 0 Å². The maximum atomic E-state index is 15.2. The Hall–Kier alpha value is -7.84. The lowest BCUT2D eigenvalue weighted by Crippen LogP contribution is -2.46. The Labute approximate surface area is 412 Å². The van der Waals surface area contributed by atoms with Crippen molar-refractivity contribution in [2.75, 3.05) is 16.0 Å². The molecule has 364 valence electrons. The molecular weight excluding hydrogens is 1020 g/mol. The van der Waals surface area contributed by atoms with E-state index in [2.05, 4.69) is 16.0 Å². The fourth-order valence-electron chi connectivity index (χ4n) is 11.1. The summed E-state index contributed by atoms with van der Waals surface area (Å²) in [5.74, 6) is -1.00. The van der Waals surface area contributed by atoms with Gasteiger partial charge in [0.2, 0.25) is 5.78 Å². The van der Waals surface area contributed by atoms with Crippen LogP contribution in [0, 0.1) is 0 Å². The highest BCUT2D eigenvalue weighted by Gasteiger charge is 2.50. The first-order valence-electron chi connectivity index (χ1n) is 21.7. The summed E-state index contributed by atoms with van der Waals surface area (Å²) in [4.78, 5) is 23.6. The van der Waals surface area contributed by atoms with E-state index in [9.17, 15) is 57.1 Å². The highest BCUT2D eigenvalue weighted by molar-refractivity contribution is 7.86. The summed E-state index contributed by atoms with van der Waals surface area (Å²) in [6.07, 6.45) is 0. The van der Waals surface area contributed by atoms with E-state index in [-0.39, 0.29) is 61.0 Å². The zero-order valence-electron chi connectivity index (χ0n) is 36.6. The maximum absolute atomic E-state index is 15.2. The minimum absolute atomic E-state index is 0.112. The summed E-state index contributed by atoms with van der Waals surface area (Å²) in [6.45, 7) is 0. The van der Waals surface area contributed by atoms with E-state index in [0.717, 1.165) is 0 Å². The minimum Gasteiger partial charge on any atom is -0.355 e. The predicted octanol–water partition coefficient (Wildman–Crippen LogP) is 6.26. The van der Waals surface area contributed by atoms with Crippen LogP contribution >= 0.6 is 0 Å². The van der Waals surface area contributed by atoms with Crippen LogP contribution in [0.2, 0.25) is 0 Å². The molecule has 5 aliphatic rings. The molecule has 2 aliphatic heterocycles. The number of benzene rings is 8. The molecule has 8 aromatic carbocycles. The number of carbonyl (C=O) groups is 1. The van der Waals surface area contributed by atoms with Gasteiger partial charge in [-0.3, -0.25) is 23.0 Å². The Kier molecular flexibility index (Phi) is 8.91. The first-order valence-corrected chi connectivity index (χ1v) is 27.4. The molecule has 0 saturated carbocycles. The molecule has 8 N–H and O–H groups in total. The van der Waals surface area contributed by atoms with Gasteiger partial charge in [0.25, 0.3) is 40.5 Å². The van der Waals surface area contributed by atoms with Crippen LogP contribution in [-0.4, -0.2) is 62.9 Å². The number of ketones is 1. The second-order valence-corrected chi connectivity index (χ2v) is 23.6. The Morgan fingerprint density at radius 1 is 0.466 bits per heavy atom. The number of carbonyl (C=O) groups excluding carboxylic acids is 1. The zero-order chi connectivity index (χ0) is 51.1. The summed E-state index contributed by atoms with van der Waals surface area (Å²) in [5.41, 5.74) is -0.418. The molecule has 0 fully saturated rings. The lowest BCUT2D eigenvalue weighted by Gasteiger charge is -2.41. The van der Waals surface area contributed by atoms with Gasteiger partial charge in [-0.2, -0.15) is 33.7 Å². The number of allylic oxidation sites excluding steroid dienone is 2. The number of nitrogens with zero attached hydrogens (tertiary/aromatic N) is 1. The molecular formula is C50H30N4O15S4. The van der Waals surface area contributed by atoms with Gasteiger partial charge in [0.15, 0.2) is 17.1 Å². The zero-order valence-corrected chi connectivity index (χ0v) is 39.9. The van der Waals surface area contributed by atoms with Crippen molar-refractivity contribution in [2.24, 2.45) is 4.99 Å². The van der Waals surface area contributed by atoms with Crippen molar-refractivity contribution >= 4 is 96.0 Å². The molecule has 73 heavy (non-hydrogen) atoms. The topological polar surface area (TPSA) is 312 Å². The summed E-state index contributed by atoms with van der Waals surface area (Å²) in [7, 11) is -19.3. The van der Waals surface area contributed by atoms with E-state index in [1.54, 1.807) is 60.7 Å². The van der Waals surface area contributed by atoms with E-state index >= 15 is 4.79 Å².